The Hall–Kier alpha value is -1.10. The van der Waals surface area contributed by atoms with E-state index in [0.717, 1.165) is 49.9 Å². The molecule has 2 atom stereocenters. The molecule has 1 aromatic rings. The molecule has 1 saturated carbocycles. The number of nitrogens with zero attached hydrogens (tertiary/aromatic N) is 2. The maximum atomic E-state index is 12.9. The van der Waals surface area contributed by atoms with Crippen molar-refractivity contribution < 1.29 is 9.53 Å². The smallest absolute Gasteiger partial charge is 0.254 e. The van der Waals surface area contributed by atoms with Crippen LogP contribution in [0.4, 0.5) is 0 Å². The number of fused-ring (bicyclic) bond motifs is 1. The predicted molar refractivity (Wildman–Crippen MR) is 89.9 cm³/mol. The molecule has 5 heteroatoms. The molecule has 1 amide bonds. The third-order valence-corrected chi connectivity index (χ3v) is 5.66. The molecule has 3 aliphatic rings. The van der Waals surface area contributed by atoms with Crippen molar-refractivity contribution in [3.8, 4) is 0 Å². The Balaban J connectivity index is 1.48. The molecule has 3 fully saturated rings. The number of hydrogen-bond donors (Lipinski definition) is 0. The van der Waals surface area contributed by atoms with Gasteiger partial charge >= 0.3 is 0 Å². The van der Waals surface area contributed by atoms with Crippen molar-refractivity contribution in [1.29, 1.82) is 0 Å². The Morgan fingerprint density at radius 1 is 1.26 bits per heavy atom. The molecule has 0 aromatic heterocycles. The molecule has 0 N–H and O–H groups in total. The van der Waals surface area contributed by atoms with Crippen LogP contribution in [-0.2, 0) is 4.74 Å². The number of carbonyl (C=O) groups is 1. The second-order valence-corrected chi connectivity index (χ2v) is 7.48. The highest BCUT2D eigenvalue weighted by Gasteiger charge is 2.43. The summed E-state index contributed by atoms with van der Waals surface area (Å²) in [7, 11) is 0. The molecule has 4 nitrogen and oxygen atoms in total. The number of amides is 1. The number of rotatable bonds is 2. The highest BCUT2D eigenvalue weighted by molar-refractivity contribution is 6.30. The molecule has 2 heterocycles. The van der Waals surface area contributed by atoms with Crippen LogP contribution >= 0.6 is 11.6 Å². The molecule has 124 valence electrons. The summed E-state index contributed by atoms with van der Waals surface area (Å²) in [4.78, 5) is 17.4. The number of aryl methyl sites for hydroxylation is 1. The number of halogens is 1. The highest BCUT2D eigenvalue weighted by Crippen LogP contribution is 2.38. The topological polar surface area (TPSA) is 32.8 Å². The van der Waals surface area contributed by atoms with E-state index in [2.05, 4.69) is 4.90 Å². The highest BCUT2D eigenvalue weighted by atomic mass is 35.5. The van der Waals surface area contributed by atoms with Crippen LogP contribution in [-0.4, -0.2) is 60.6 Å². The minimum absolute atomic E-state index is 0.118. The van der Waals surface area contributed by atoms with E-state index in [1.165, 1.54) is 12.8 Å². The Bertz CT molecular complexity index is 617. The van der Waals surface area contributed by atoms with Crippen molar-refractivity contribution in [2.45, 2.75) is 31.8 Å². The average molecular weight is 335 g/mol. The normalized spacial score (nSPS) is 28.5. The van der Waals surface area contributed by atoms with E-state index in [0.29, 0.717) is 17.1 Å². The van der Waals surface area contributed by atoms with Crippen LogP contribution in [0.2, 0.25) is 5.02 Å². The first-order chi connectivity index (χ1) is 11.1. The molecule has 2 saturated heterocycles. The van der Waals surface area contributed by atoms with E-state index in [9.17, 15) is 4.79 Å². The zero-order valence-electron chi connectivity index (χ0n) is 13.5. The summed E-state index contributed by atoms with van der Waals surface area (Å²) < 4.78 is 5.83. The first-order valence-corrected chi connectivity index (χ1v) is 8.90. The van der Waals surface area contributed by atoms with Gasteiger partial charge in [0.05, 0.1) is 19.3 Å². The van der Waals surface area contributed by atoms with Crippen LogP contribution < -0.4 is 0 Å². The largest absolute Gasteiger partial charge is 0.378 e. The number of piperazine rings is 1. The molecule has 0 unspecified atom stereocenters. The van der Waals surface area contributed by atoms with Gasteiger partial charge in [0.2, 0.25) is 0 Å². The van der Waals surface area contributed by atoms with Gasteiger partial charge in [0.15, 0.2) is 0 Å². The van der Waals surface area contributed by atoms with Gasteiger partial charge in [0, 0.05) is 36.3 Å². The van der Waals surface area contributed by atoms with Crippen LogP contribution in [0.25, 0.3) is 0 Å². The second kappa shape index (κ2) is 6.08. The summed E-state index contributed by atoms with van der Waals surface area (Å²) in [6.07, 6.45) is 2.67. The second-order valence-electron chi connectivity index (χ2n) is 7.04. The van der Waals surface area contributed by atoms with Crippen LogP contribution in [0.3, 0.4) is 0 Å². The van der Waals surface area contributed by atoms with E-state index < -0.39 is 0 Å². The first kappa shape index (κ1) is 15.4. The van der Waals surface area contributed by atoms with Crippen LogP contribution in [0.1, 0.15) is 28.8 Å². The van der Waals surface area contributed by atoms with E-state index in [1.807, 2.05) is 24.0 Å². The van der Waals surface area contributed by atoms with Crippen LogP contribution in [0.15, 0.2) is 18.2 Å². The van der Waals surface area contributed by atoms with Crippen molar-refractivity contribution in [2.24, 2.45) is 5.92 Å². The predicted octanol–water partition coefficient (Wildman–Crippen LogP) is 2.58. The zero-order chi connectivity index (χ0) is 16.0. The van der Waals surface area contributed by atoms with Crippen molar-refractivity contribution in [1.82, 2.24) is 9.80 Å². The van der Waals surface area contributed by atoms with Gasteiger partial charge in [-0.05, 0) is 49.4 Å². The van der Waals surface area contributed by atoms with E-state index in [-0.39, 0.29) is 5.91 Å². The quantitative estimate of drug-likeness (QED) is 0.833. The number of benzene rings is 1. The van der Waals surface area contributed by atoms with Gasteiger partial charge in [-0.2, -0.15) is 0 Å². The summed E-state index contributed by atoms with van der Waals surface area (Å²) in [6, 6.07) is 6.42. The first-order valence-electron chi connectivity index (χ1n) is 8.52. The lowest BCUT2D eigenvalue weighted by Crippen LogP contribution is -2.63. The minimum atomic E-state index is 0.118. The van der Waals surface area contributed by atoms with Crippen molar-refractivity contribution >= 4 is 17.5 Å². The summed E-state index contributed by atoms with van der Waals surface area (Å²) in [5, 5.41) is 0.678. The van der Waals surface area contributed by atoms with Gasteiger partial charge in [0.1, 0.15) is 0 Å². The average Bonchev–Trinajstić information content (AvgIpc) is 3.38. The SMILES string of the molecule is Cc1cc(Cl)ccc1C(=O)N1CCN2[C@@H](COC[C@@H]2C2CC2)C1. The van der Waals surface area contributed by atoms with Gasteiger partial charge in [0.25, 0.3) is 5.91 Å². The van der Waals surface area contributed by atoms with Gasteiger partial charge in [-0.3, -0.25) is 9.69 Å². The van der Waals surface area contributed by atoms with Gasteiger partial charge in [-0.1, -0.05) is 11.6 Å². The molecular formula is C18H23ClN2O2. The Morgan fingerprint density at radius 3 is 2.83 bits per heavy atom. The molecule has 1 aliphatic carbocycles. The summed E-state index contributed by atoms with van der Waals surface area (Å²) >= 11 is 6.00. The monoisotopic (exact) mass is 334 g/mol. The maximum Gasteiger partial charge on any atom is 0.254 e. The van der Waals surface area contributed by atoms with Gasteiger partial charge in [-0.25, -0.2) is 0 Å². The third-order valence-electron chi connectivity index (χ3n) is 5.43. The molecule has 0 bridgehead atoms. The zero-order valence-corrected chi connectivity index (χ0v) is 14.3. The summed E-state index contributed by atoms with van der Waals surface area (Å²) in [5.41, 5.74) is 1.71. The van der Waals surface area contributed by atoms with E-state index in [4.69, 9.17) is 16.3 Å². The minimum Gasteiger partial charge on any atom is -0.378 e. The lowest BCUT2D eigenvalue weighted by atomic mass is 10.0. The van der Waals surface area contributed by atoms with Crippen molar-refractivity contribution in [2.75, 3.05) is 32.8 Å². The van der Waals surface area contributed by atoms with Crippen molar-refractivity contribution in [3.05, 3.63) is 34.3 Å². The summed E-state index contributed by atoms with van der Waals surface area (Å²) in [6.45, 7) is 6.10. The number of ether oxygens (including phenoxy) is 1. The Labute approximate surface area is 142 Å². The van der Waals surface area contributed by atoms with Crippen LogP contribution in [0, 0.1) is 12.8 Å². The fourth-order valence-electron chi connectivity index (χ4n) is 3.98. The van der Waals surface area contributed by atoms with E-state index in [1.54, 1.807) is 6.07 Å². The van der Waals surface area contributed by atoms with Gasteiger partial charge in [-0.15, -0.1) is 0 Å². The number of hydrogen-bond acceptors (Lipinski definition) is 3. The molecule has 1 aromatic carbocycles. The molecule has 2 aliphatic heterocycles. The van der Waals surface area contributed by atoms with E-state index >= 15 is 0 Å². The number of carbonyl (C=O) groups excluding carboxylic acids is 1. The Kier molecular flexibility index (Phi) is 4.08. The Morgan fingerprint density at radius 2 is 2.09 bits per heavy atom. The summed E-state index contributed by atoms with van der Waals surface area (Å²) in [5.74, 6) is 0.936. The molecule has 4 rings (SSSR count). The standard InChI is InChI=1S/C18H23ClN2O2/c1-12-8-14(19)4-5-16(12)18(22)20-6-7-21-15(9-20)10-23-11-17(21)13-2-3-13/h4-5,8,13,15,17H,2-3,6-7,9-11H2,1H3/t15-,17-/m1/s1. The third kappa shape index (κ3) is 3.00. The number of morpholine rings is 1. The van der Waals surface area contributed by atoms with Crippen LogP contribution in [0.5, 0.6) is 0 Å². The van der Waals surface area contributed by atoms with Crippen molar-refractivity contribution in [3.63, 3.8) is 0 Å². The molecule has 23 heavy (non-hydrogen) atoms. The fraction of sp³-hybridized carbons (Fsp3) is 0.611. The van der Waals surface area contributed by atoms with Gasteiger partial charge < -0.3 is 9.64 Å². The molecule has 0 radical (unpaired) electrons. The lowest BCUT2D eigenvalue weighted by Gasteiger charge is -2.48. The molecule has 0 spiro atoms. The fourth-order valence-corrected chi connectivity index (χ4v) is 4.21. The lowest BCUT2D eigenvalue weighted by molar-refractivity contribution is -0.0816. The maximum absolute atomic E-state index is 12.9. The molecular weight excluding hydrogens is 312 g/mol.